The number of aromatic nitrogens is 3. The second-order valence-corrected chi connectivity index (χ2v) is 6.74. The van der Waals surface area contributed by atoms with Crippen LogP contribution in [0.25, 0.3) is 0 Å². The molecule has 7 nitrogen and oxygen atoms in total. The number of carbonyl (C=O) groups excluding carboxylic acids is 1. The molecular formula is C18H27N5O2. The van der Waals surface area contributed by atoms with Crippen LogP contribution in [0.1, 0.15) is 61.0 Å². The fourth-order valence-electron chi connectivity index (χ4n) is 3.42. The third-order valence-electron chi connectivity index (χ3n) is 4.71. The largest absolute Gasteiger partial charge is 0.466 e. The zero-order valence-corrected chi connectivity index (χ0v) is 15.3. The molecule has 136 valence electrons. The van der Waals surface area contributed by atoms with Crippen molar-refractivity contribution in [1.29, 1.82) is 0 Å². The Morgan fingerprint density at radius 3 is 2.92 bits per heavy atom. The maximum atomic E-state index is 12.1. The number of aryl methyl sites for hydroxylation is 3. The molecule has 0 aromatic carbocycles. The lowest BCUT2D eigenvalue weighted by Crippen LogP contribution is -2.38. The number of hydrogen-bond acceptors (Lipinski definition) is 4. The van der Waals surface area contributed by atoms with Gasteiger partial charge in [-0.1, -0.05) is 6.42 Å². The quantitative estimate of drug-likeness (QED) is 0.872. The Morgan fingerprint density at radius 1 is 1.32 bits per heavy atom. The first-order chi connectivity index (χ1) is 12.0. The summed E-state index contributed by atoms with van der Waals surface area (Å²) in [4.78, 5) is 12.1. The summed E-state index contributed by atoms with van der Waals surface area (Å²) in [7, 11) is 0. The van der Waals surface area contributed by atoms with Gasteiger partial charge in [-0.05, 0) is 39.7 Å². The molecule has 1 aliphatic rings. The number of furan rings is 1. The number of amides is 2. The van der Waals surface area contributed by atoms with Gasteiger partial charge in [0.05, 0.1) is 6.04 Å². The highest BCUT2D eigenvalue weighted by atomic mass is 16.3. The maximum absolute atomic E-state index is 12.1. The molecule has 3 heterocycles. The third kappa shape index (κ3) is 4.21. The second kappa shape index (κ2) is 7.72. The number of nitrogens with one attached hydrogen (secondary N) is 2. The van der Waals surface area contributed by atoms with Crippen molar-refractivity contribution in [3.05, 3.63) is 34.8 Å². The molecule has 2 aromatic heterocycles. The standard InChI is InChI=1S/C18H27N5O2/c1-12-11-15(14(3)25-12)13(2)20-18(24)19-9-8-17-22-21-16-7-5-4-6-10-23(16)17/h11,13H,4-10H2,1-3H3,(H2,19,20,24)/t13-/m1/s1. The van der Waals surface area contributed by atoms with Gasteiger partial charge >= 0.3 is 6.03 Å². The van der Waals surface area contributed by atoms with E-state index >= 15 is 0 Å². The van der Waals surface area contributed by atoms with Gasteiger partial charge in [0.15, 0.2) is 0 Å². The van der Waals surface area contributed by atoms with Gasteiger partial charge in [0.1, 0.15) is 23.2 Å². The van der Waals surface area contributed by atoms with Crippen molar-refractivity contribution in [3.63, 3.8) is 0 Å². The summed E-state index contributed by atoms with van der Waals surface area (Å²) in [6.45, 7) is 7.30. The summed E-state index contributed by atoms with van der Waals surface area (Å²) in [6, 6.07) is 1.69. The van der Waals surface area contributed by atoms with Crippen LogP contribution in [-0.4, -0.2) is 27.3 Å². The minimum atomic E-state index is -0.179. The van der Waals surface area contributed by atoms with Crippen molar-refractivity contribution in [2.45, 2.75) is 65.5 Å². The van der Waals surface area contributed by atoms with Crippen LogP contribution < -0.4 is 10.6 Å². The van der Waals surface area contributed by atoms with Gasteiger partial charge in [-0.15, -0.1) is 10.2 Å². The molecule has 7 heteroatoms. The van der Waals surface area contributed by atoms with Gasteiger partial charge in [0.2, 0.25) is 0 Å². The van der Waals surface area contributed by atoms with Crippen LogP contribution in [0.2, 0.25) is 0 Å². The van der Waals surface area contributed by atoms with Crippen LogP contribution in [0.4, 0.5) is 4.79 Å². The molecule has 0 spiro atoms. The van der Waals surface area contributed by atoms with Crippen LogP contribution in [0.3, 0.4) is 0 Å². The molecule has 3 rings (SSSR count). The highest BCUT2D eigenvalue weighted by molar-refractivity contribution is 5.74. The maximum Gasteiger partial charge on any atom is 0.315 e. The molecule has 0 fully saturated rings. The summed E-state index contributed by atoms with van der Waals surface area (Å²) in [5.41, 5.74) is 1.01. The van der Waals surface area contributed by atoms with E-state index in [2.05, 4.69) is 25.4 Å². The molecule has 0 unspecified atom stereocenters. The Morgan fingerprint density at radius 2 is 2.16 bits per heavy atom. The van der Waals surface area contributed by atoms with E-state index in [0.29, 0.717) is 13.0 Å². The van der Waals surface area contributed by atoms with Crippen molar-refractivity contribution < 1.29 is 9.21 Å². The molecule has 25 heavy (non-hydrogen) atoms. The summed E-state index contributed by atoms with van der Waals surface area (Å²) in [5.74, 6) is 3.74. The summed E-state index contributed by atoms with van der Waals surface area (Å²) >= 11 is 0. The van der Waals surface area contributed by atoms with Gasteiger partial charge in [-0.2, -0.15) is 0 Å². The van der Waals surface area contributed by atoms with E-state index in [1.54, 1.807) is 0 Å². The number of carbonyl (C=O) groups is 1. The number of rotatable bonds is 5. The molecule has 0 bridgehead atoms. The van der Waals surface area contributed by atoms with E-state index in [-0.39, 0.29) is 12.1 Å². The second-order valence-electron chi connectivity index (χ2n) is 6.74. The van der Waals surface area contributed by atoms with Gasteiger partial charge in [-0.25, -0.2) is 4.79 Å². The minimum Gasteiger partial charge on any atom is -0.466 e. The highest BCUT2D eigenvalue weighted by Gasteiger charge is 2.16. The molecule has 0 saturated carbocycles. The Balaban J connectivity index is 1.48. The fraction of sp³-hybridized carbons (Fsp3) is 0.611. The third-order valence-corrected chi connectivity index (χ3v) is 4.71. The molecule has 2 aromatic rings. The van der Waals surface area contributed by atoms with Crippen LogP contribution in [-0.2, 0) is 19.4 Å². The lowest BCUT2D eigenvalue weighted by Gasteiger charge is -2.14. The summed E-state index contributed by atoms with van der Waals surface area (Å²) in [6.07, 6.45) is 5.30. The van der Waals surface area contributed by atoms with Gasteiger partial charge in [0, 0.05) is 31.5 Å². The highest BCUT2D eigenvalue weighted by Crippen LogP contribution is 2.21. The Labute approximate surface area is 148 Å². The van der Waals surface area contributed by atoms with E-state index in [1.807, 2.05) is 26.8 Å². The Bertz CT molecular complexity index is 734. The van der Waals surface area contributed by atoms with Gasteiger partial charge in [0.25, 0.3) is 0 Å². The lowest BCUT2D eigenvalue weighted by atomic mass is 10.1. The molecule has 1 atom stereocenters. The first-order valence-electron chi connectivity index (χ1n) is 9.07. The van der Waals surface area contributed by atoms with Crippen molar-refractivity contribution in [2.75, 3.05) is 6.54 Å². The van der Waals surface area contributed by atoms with E-state index < -0.39 is 0 Å². The molecule has 0 saturated heterocycles. The van der Waals surface area contributed by atoms with Gasteiger partial charge < -0.3 is 19.6 Å². The molecule has 2 amide bonds. The average Bonchev–Trinajstić information content (AvgIpc) is 3.01. The van der Waals surface area contributed by atoms with E-state index in [1.165, 1.54) is 19.3 Å². The first-order valence-corrected chi connectivity index (χ1v) is 9.07. The number of fused-ring (bicyclic) bond motifs is 1. The first kappa shape index (κ1) is 17.5. The topological polar surface area (TPSA) is 85.0 Å². The summed E-state index contributed by atoms with van der Waals surface area (Å²) < 4.78 is 7.74. The van der Waals surface area contributed by atoms with Crippen LogP contribution >= 0.6 is 0 Å². The number of nitrogens with zero attached hydrogens (tertiary/aromatic N) is 3. The zero-order chi connectivity index (χ0) is 17.8. The van der Waals surface area contributed by atoms with E-state index in [9.17, 15) is 4.79 Å². The summed E-state index contributed by atoms with van der Waals surface area (Å²) in [5, 5.41) is 14.4. The molecule has 0 radical (unpaired) electrons. The minimum absolute atomic E-state index is 0.0955. The molecule has 0 aliphatic carbocycles. The van der Waals surface area contributed by atoms with Crippen LogP contribution in [0.5, 0.6) is 0 Å². The van der Waals surface area contributed by atoms with Crippen molar-refractivity contribution in [3.8, 4) is 0 Å². The fourth-order valence-corrected chi connectivity index (χ4v) is 3.42. The van der Waals surface area contributed by atoms with Crippen molar-refractivity contribution >= 4 is 6.03 Å². The zero-order valence-electron chi connectivity index (χ0n) is 15.3. The molecule has 1 aliphatic heterocycles. The molecular weight excluding hydrogens is 318 g/mol. The number of hydrogen-bond donors (Lipinski definition) is 2. The van der Waals surface area contributed by atoms with Gasteiger partial charge in [-0.3, -0.25) is 0 Å². The Hall–Kier alpha value is -2.31. The van der Waals surface area contributed by atoms with E-state index in [4.69, 9.17) is 4.42 Å². The normalized spacial score (nSPS) is 15.3. The molecule has 2 N–H and O–H groups in total. The average molecular weight is 345 g/mol. The van der Waals surface area contributed by atoms with Crippen molar-refractivity contribution in [2.24, 2.45) is 0 Å². The van der Waals surface area contributed by atoms with E-state index in [0.717, 1.165) is 41.7 Å². The Kier molecular flexibility index (Phi) is 5.40. The lowest BCUT2D eigenvalue weighted by molar-refractivity contribution is 0.238. The predicted octanol–water partition coefficient (Wildman–Crippen LogP) is 2.82. The SMILES string of the molecule is Cc1cc([C@@H](C)NC(=O)NCCc2nnc3n2CCCCC3)c(C)o1. The smallest absolute Gasteiger partial charge is 0.315 e. The predicted molar refractivity (Wildman–Crippen MR) is 94.4 cm³/mol. The van der Waals surface area contributed by atoms with Crippen LogP contribution in [0, 0.1) is 13.8 Å². The monoisotopic (exact) mass is 345 g/mol. The van der Waals surface area contributed by atoms with Crippen molar-refractivity contribution in [1.82, 2.24) is 25.4 Å². The van der Waals surface area contributed by atoms with Crippen LogP contribution in [0.15, 0.2) is 10.5 Å². The number of urea groups is 1.